The second-order valence-corrected chi connectivity index (χ2v) is 5.36. The second-order valence-electron chi connectivity index (χ2n) is 3.82. The summed E-state index contributed by atoms with van der Waals surface area (Å²) in [4.78, 5) is 1.35. The standard InChI is InChI=1S/C10H15NS.C5H10N2S/c1-3-8-12-10-7-5-4-6-9(10)11-2;1-3-4-7-5(8)6-2/h4-7,11H,3,8H2,1-2H3;3-4H,1-2H3,(H2,6,7,8)/b;4-3+. The molecule has 0 unspecified atom stereocenters. The molecule has 0 aromatic heterocycles. The third-order valence-corrected chi connectivity index (χ3v) is 3.83. The van der Waals surface area contributed by atoms with Crippen LogP contribution in [0.1, 0.15) is 20.3 Å². The van der Waals surface area contributed by atoms with E-state index in [1.165, 1.54) is 22.8 Å². The molecule has 0 saturated heterocycles. The zero-order chi connectivity index (χ0) is 15.2. The molecule has 0 aliphatic heterocycles. The maximum absolute atomic E-state index is 4.75. The summed E-state index contributed by atoms with van der Waals surface area (Å²) in [6.07, 6.45) is 4.88. The molecule has 3 N–H and O–H groups in total. The Morgan fingerprint density at radius 2 is 2.00 bits per heavy atom. The summed E-state index contributed by atoms with van der Waals surface area (Å²) in [6, 6.07) is 8.41. The topological polar surface area (TPSA) is 36.1 Å². The van der Waals surface area contributed by atoms with Gasteiger partial charge in [-0.25, -0.2) is 0 Å². The predicted octanol–water partition coefficient (Wildman–Crippen LogP) is 3.84. The Balaban J connectivity index is 0.000000396. The van der Waals surface area contributed by atoms with Crippen molar-refractivity contribution in [3.8, 4) is 0 Å². The van der Waals surface area contributed by atoms with Gasteiger partial charge in [-0.05, 0) is 49.6 Å². The lowest BCUT2D eigenvalue weighted by molar-refractivity contribution is 1.10. The average molecular weight is 312 g/mol. The number of thiocarbonyl (C=S) groups is 1. The van der Waals surface area contributed by atoms with Crippen molar-refractivity contribution in [3.63, 3.8) is 0 Å². The molecule has 0 saturated carbocycles. The quantitative estimate of drug-likeness (QED) is 0.569. The fourth-order valence-electron chi connectivity index (χ4n) is 1.24. The number of benzene rings is 1. The zero-order valence-electron chi connectivity index (χ0n) is 12.7. The highest BCUT2D eigenvalue weighted by atomic mass is 32.2. The number of hydrogen-bond acceptors (Lipinski definition) is 3. The van der Waals surface area contributed by atoms with Gasteiger partial charge in [0.25, 0.3) is 0 Å². The normalized spacial score (nSPS) is 9.60. The van der Waals surface area contributed by atoms with Crippen LogP contribution in [0.25, 0.3) is 0 Å². The Morgan fingerprint density at radius 1 is 1.30 bits per heavy atom. The fourth-order valence-corrected chi connectivity index (χ4v) is 2.23. The number of hydrogen-bond donors (Lipinski definition) is 3. The first-order valence-corrected chi connectivity index (χ1v) is 8.07. The van der Waals surface area contributed by atoms with Crippen LogP contribution >= 0.6 is 24.0 Å². The van der Waals surface area contributed by atoms with E-state index in [0.29, 0.717) is 5.11 Å². The van der Waals surface area contributed by atoms with Gasteiger partial charge in [0, 0.05) is 24.7 Å². The number of anilines is 1. The average Bonchev–Trinajstić information content (AvgIpc) is 2.51. The molecule has 0 amide bonds. The van der Waals surface area contributed by atoms with Crippen LogP contribution in [-0.2, 0) is 0 Å². The molecular formula is C15H25N3S2. The molecule has 0 spiro atoms. The number of allylic oxidation sites excluding steroid dienone is 1. The fraction of sp³-hybridized carbons (Fsp3) is 0.400. The van der Waals surface area contributed by atoms with Gasteiger partial charge < -0.3 is 16.0 Å². The molecule has 0 bridgehead atoms. The first kappa shape index (κ1) is 18.8. The van der Waals surface area contributed by atoms with E-state index in [1.807, 2.05) is 31.8 Å². The Kier molecular flexibility index (Phi) is 12.0. The summed E-state index contributed by atoms with van der Waals surface area (Å²) >= 11 is 6.66. The molecule has 0 fully saturated rings. The maximum atomic E-state index is 4.75. The monoisotopic (exact) mass is 311 g/mol. The van der Waals surface area contributed by atoms with Gasteiger partial charge in [0.1, 0.15) is 0 Å². The summed E-state index contributed by atoms with van der Waals surface area (Å²) < 4.78 is 0. The number of thioether (sulfide) groups is 1. The maximum Gasteiger partial charge on any atom is 0.170 e. The number of rotatable bonds is 5. The summed E-state index contributed by atoms with van der Waals surface area (Å²) in [5.41, 5.74) is 1.23. The van der Waals surface area contributed by atoms with Crippen molar-refractivity contribution in [3.05, 3.63) is 36.5 Å². The zero-order valence-corrected chi connectivity index (χ0v) is 14.3. The molecule has 0 atom stereocenters. The first-order chi connectivity index (χ1) is 9.69. The summed E-state index contributed by atoms with van der Waals surface area (Å²) in [7, 11) is 3.74. The minimum atomic E-state index is 0.642. The number of para-hydroxylation sites is 1. The van der Waals surface area contributed by atoms with Gasteiger partial charge in [-0.15, -0.1) is 11.8 Å². The molecule has 112 valence electrons. The Hall–Kier alpha value is -1.20. The lowest BCUT2D eigenvalue weighted by atomic mass is 10.3. The van der Waals surface area contributed by atoms with Gasteiger partial charge in [-0.3, -0.25) is 0 Å². The van der Waals surface area contributed by atoms with Crippen LogP contribution in [-0.4, -0.2) is 25.0 Å². The van der Waals surface area contributed by atoms with Crippen LogP contribution in [0.4, 0.5) is 5.69 Å². The minimum absolute atomic E-state index is 0.642. The molecule has 1 aromatic rings. The van der Waals surface area contributed by atoms with Gasteiger partial charge >= 0.3 is 0 Å². The van der Waals surface area contributed by atoms with Crippen molar-refractivity contribution in [1.29, 1.82) is 0 Å². The van der Waals surface area contributed by atoms with E-state index in [2.05, 4.69) is 47.1 Å². The van der Waals surface area contributed by atoms with Crippen molar-refractivity contribution in [2.45, 2.75) is 25.2 Å². The lowest BCUT2D eigenvalue weighted by Crippen LogP contribution is -2.27. The van der Waals surface area contributed by atoms with Gasteiger partial charge in [0.15, 0.2) is 5.11 Å². The SMILES string of the molecule is C/C=C/NC(=S)NC.CCCSc1ccccc1NC. The molecule has 1 aromatic carbocycles. The van der Waals surface area contributed by atoms with Crippen LogP contribution < -0.4 is 16.0 Å². The highest BCUT2D eigenvalue weighted by Gasteiger charge is 1.97. The van der Waals surface area contributed by atoms with E-state index >= 15 is 0 Å². The van der Waals surface area contributed by atoms with Crippen LogP contribution in [0.15, 0.2) is 41.4 Å². The smallest absolute Gasteiger partial charge is 0.170 e. The Labute approximate surface area is 132 Å². The number of nitrogens with one attached hydrogen (secondary N) is 3. The molecule has 3 nitrogen and oxygen atoms in total. The van der Waals surface area contributed by atoms with E-state index in [-0.39, 0.29) is 0 Å². The first-order valence-electron chi connectivity index (χ1n) is 6.68. The van der Waals surface area contributed by atoms with Gasteiger partial charge in [0.05, 0.1) is 0 Å². The molecule has 0 aliphatic rings. The summed E-state index contributed by atoms with van der Waals surface area (Å²) in [5, 5.41) is 9.42. The van der Waals surface area contributed by atoms with E-state index in [9.17, 15) is 0 Å². The predicted molar refractivity (Wildman–Crippen MR) is 96.6 cm³/mol. The Bertz CT molecular complexity index is 406. The van der Waals surface area contributed by atoms with Crippen molar-refractivity contribution in [2.24, 2.45) is 0 Å². The summed E-state index contributed by atoms with van der Waals surface area (Å²) in [5.74, 6) is 1.19. The minimum Gasteiger partial charge on any atom is -0.387 e. The summed E-state index contributed by atoms with van der Waals surface area (Å²) in [6.45, 7) is 4.13. The van der Waals surface area contributed by atoms with Crippen molar-refractivity contribution >= 4 is 34.8 Å². The van der Waals surface area contributed by atoms with Crippen molar-refractivity contribution in [2.75, 3.05) is 25.2 Å². The molecule has 0 radical (unpaired) electrons. The largest absolute Gasteiger partial charge is 0.387 e. The van der Waals surface area contributed by atoms with E-state index in [1.54, 1.807) is 13.2 Å². The molecular weight excluding hydrogens is 286 g/mol. The van der Waals surface area contributed by atoms with Crippen molar-refractivity contribution < 1.29 is 0 Å². The van der Waals surface area contributed by atoms with Gasteiger partial charge in [0.2, 0.25) is 0 Å². The van der Waals surface area contributed by atoms with Crippen LogP contribution in [0, 0.1) is 0 Å². The highest BCUT2D eigenvalue weighted by Crippen LogP contribution is 2.26. The van der Waals surface area contributed by atoms with Crippen molar-refractivity contribution in [1.82, 2.24) is 10.6 Å². The third-order valence-electron chi connectivity index (χ3n) is 2.23. The van der Waals surface area contributed by atoms with E-state index in [0.717, 1.165) is 0 Å². The Morgan fingerprint density at radius 3 is 2.55 bits per heavy atom. The molecule has 0 heterocycles. The van der Waals surface area contributed by atoms with Crippen LogP contribution in [0.3, 0.4) is 0 Å². The molecule has 0 aliphatic carbocycles. The molecule has 1 rings (SSSR count). The van der Waals surface area contributed by atoms with E-state index in [4.69, 9.17) is 12.2 Å². The highest BCUT2D eigenvalue weighted by molar-refractivity contribution is 7.99. The van der Waals surface area contributed by atoms with Crippen LogP contribution in [0.5, 0.6) is 0 Å². The lowest BCUT2D eigenvalue weighted by Gasteiger charge is -2.06. The third kappa shape index (κ3) is 8.82. The van der Waals surface area contributed by atoms with Gasteiger partial charge in [-0.1, -0.05) is 25.1 Å². The van der Waals surface area contributed by atoms with E-state index < -0.39 is 0 Å². The molecule has 5 heteroatoms. The van der Waals surface area contributed by atoms with Gasteiger partial charge in [-0.2, -0.15) is 0 Å². The second kappa shape index (κ2) is 12.8. The molecule has 20 heavy (non-hydrogen) atoms. The van der Waals surface area contributed by atoms with Crippen LogP contribution in [0.2, 0.25) is 0 Å².